The molecule has 0 amide bonds. The first kappa shape index (κ1) is 15.0. The molecular weight excluding hydrogens is 354 g/mol. The molecule has 5 aromatic rings. The summed E-state index contributed by atoms with van der Waals surface area (Å²) in [5.74, 6) is 0. The minimum atomic E-state index is -0.156. The van der Waals surface area contributed by atoms with Gasteiger partial charge in [0.05, 0.1) is 29.7 Å². The lowest BCUT2D eigenvalue weighted by atomic mass is 10.3. The van der Waals surface area contributed by atoms with Crippen LogP contribution in [0.5, 0.6) is 0 Å². The lowest BCUT2D eigenvalue weighted by molar-refractivity contribution is 0.631. The second-order valence-electron chi connectivity index (χ2n) is 5.85. The Morgan fingerprint density at radius 2 is 2.19 bits per heavy atom. The van der Waals surface area contributed by atoms with Gasteiger partial charge in [-0.05, 0) is 6.07 Å². The zero-order valence-electron chi connectivity index (χ0n) is 13.7. The third-order valence-corrected chi connectivity index (χ3v) is 5.27. The maximum absolute atomic E-state index is 12.9. The van der Waals surface area contributed by atoms with Crippen molar-refractivity contribution in [3.05, 3.63) is 52.2 Å². The summed E-state index contributed by atoms with van der Waals surface area (Å²) in [7, 11) is 1.85. The number of nitrogens with zero attached hydrogens (tertiary/aromatic N) is 8. The molecule has 10 nitrogen and oxygen atoms in total. The van der Waals surface area contributed by atoms with Crippen LogP contribution >= 0.6 is 11.3 Å². The van der Waals surface area contributed by atoms with E-state index in [4.69, 9.17) is 0 Å². The second-order valence-corrected chi connectivity index (χ2v) is 6.93. The molecule has 1 N–H and O–H groups in total. The lowest BCUT2D eigenvalue weighted by Gasteiger charge is -2.03. The molecule has 0 spiro atoms. The third kappa shape index (κ3) is 2.24. The SMILES string of the molecule is Cn1c2nc(Cn3cncn3)sc2c2cnn(Cc3cc[nH]n3)c(=O)c21. The highest BCUT2D eigenvalue weighted by atomic mass is 32.1. The van der Waals surface area contributed by atoms with Crippen molar-refractivity contribution >= 4 is 32.6 Å². The van der Waals surface area contributed by atoms with Crippen molar-refractivity contribution < 1.29 is 0 Å². The Morgan fingerprint density at radius 1 is 1.27 bits per heavy atom. The maximum atomic E-state index is 12.9. The number of H-pyrrole nitrogens is 1. The van der Waals surface area contributed by atoms with Crippen molar-refractivity contribution in [3.8, 4) is 0 Å². The highest BCUT2D eigenvalue weighted by Crippen LogP contribution is 2.30. The summed E-state index contributed by atoms with van der Waals surface area (Å²) < 4.78 is 5.92. The molecule has 0 aliphatic heterocycles. The van der Waals surface area contributed by atoms with Gasteiger partial charge < -0.3 is 4.57 Å². The van der Waals surface area contributed by atoms with Crippen LogP contribution in [0.2, 0.25) is 0 Å². The van der Waals surface area contributed by atoms with Gasteiger partial charge in [0.2, 0.25) is 0 Å². The first-order chi connectivity index (χ1) is 12.7. The number of nitrogens with one attached hydrogen (secondary N) is 1. The average Bonchev–Trinajstić information content (AvgIpc) is 3.39. The normalized spacial score (nSPS) is 11.7. The van der Waals surface area contributed by atoms with Gasteiger partial charge >= 0.3 is 0 Å². The highest BCUT2D eigenvalue weighted by molar-refractivity contribution is 7.19. The minimum absolute atomic E-state index is 0.156. The summed E-state index contributed by atoms with van der Waals surface area (Å²) in [5.41, 5.74) is 1.97. The van der Waals surface area contributed by atoms with E-state index in [0.29, 0.717) is 18.6 Å². The van der Waals surface area contributed by atoms with Crippen LogP contribution in [-0.4, -0.2) is 44.3 Å². The number of aryl methyl sites for hydroxylation is 1. The monoisotopic (exact) mass is 367 g/mol. The van der Waals surface area contributed by atoms with Gasteiger partial charge in [0.25, 0.3) is 5.56 Å². The van der Waals surface area contributed by atoms with E-state index in [1.54, 1.807) is 23.4 Å². The van der Waals surface area contributed by atoms with Gasteiger partial charge in [-0.1, -0.05) is 0 Å². The van der Waals surface area contributed by atoms with E-state index >= 15 is 0 Å². The van der Waals surface area contributed by atoms with Crippen LogP contribution < -0.4 is 5.56 Å². The molecule has 5 aromatic heterocycles. The molecule has 26 heavy (non-hydrogen) atoms. The number of aromatic amines is 1. The van der Waals surface area contributed by atoms with E-state index < -0.39 is 0 Å². The van der Waals surface area contributed by atoms with Crippen molar-refractivity contribution in [3.63, 3.8) is 0 Å². The molecule has 0 aliphatic carbocycles. The number of hydrogen-bond acceptors (Lipinski definition) is 7. The zero-order valence-corrected chi connectivity index (χ0v) is 14.5. The Kier molecular flexibility index (Phi) is 3.22. The van der Waals surface area contributed by atoms with Crippen molar-refractivity contribution in [1.82, 2.24) is 44.3 Å². The molecule has 0 fully saturated rings. The molecule has 11 heteroatoms. The molecule has 0 aliphatic rings. The highest BCUT2D eigenvalue weighted by Gasteiger charge is 2.18. The van der Waals surface area contributed by atoms with Gasteiger partial charge in [0, 0.05) is 18.6 Å². The number of rotatable bonds is 4. The quantitative estimate of drug-likeness (QED) is 0.502. The molecule has 0 saturated heterocycles. The predicted octanol–water partition coefficient (Wildman–Crippen LogP) is 0.756. The van der Waals surface area contributed by atoms with Gasteiger partial charge in [-0.3, -0.25) is 9.89 Å². The van der Waals surface area contributed by atoms with Crippen LogP contribution in [0.4, 0.5) is 0 Å². The van der Waals surface area contributed by atoms with Gasteiger partial charge in [-0.25, -0.2) is 19.3 Å². The summed E-state index contributed by atoms with van der Waals surface area (Å²) in [6.45, 7) is 0.868. The second kappa shape index (κ2) is 5.59. The summed E-state index contributed by atoms with van der Waals surface area (Å²) in [6, 6.07) is 1.82. The molecule has 0 unspecified atom stereocenters. The summed E-state index contributed by atoms with van der Waals surface area (Å²) >= 11 is 1.54. The summed E-state index contributed by atoms with van der Waals surface area (Å²) in [6.07, 6.45) is 6.59. The van der Waals surface area contributed by atoms with E-state index in [9.17, 15) is 4.79 Å². The summed E-state index contributed by atoms with van der Waals surface area (Å²) in [5, 5.41) is 17.0. The molecule has 5 heterocycles. The van der Waals surface area contributed by atoms with Gasteiger partial charge in [0.1, 0.15) is 23.2 Å². The molecule has 0 radical (unpaired) electrons. The van der Waals surface area contributed by atoms with E-state index in [-0.39, 0.29) is 5.56 Å². The fraction of sp³-hybridized carbons (Fsp3) is 0.200. The zero-order chi connectivity index (χ0) is 17.7. The van der Waals surface area contributed by atoms with Gasteiger partial charge in [-0.2, -0.15) is 15.3 Å². The fourth-order valence-electron chi connectivity index (χ4n) is 3.00. The fourth-order valence-corrected chi connectivity index (χ4v) is 4.10. The van der Waals surface area contributed by atoms with Crippen LogP contribution in [0.15, 0.2) is 35.9 Å². The van der Waals surface area contributed by atoms with Crippen molar-refractivity contribution in [2.24, 2.45) is 7.05 Å². The standard InChI is InChI=1S/C15H13N9OS/c1-22-12-10(4-18-24(15(12)25)5-9-2-3-17-21-9)13-14(22)20-11(26-13)6-23-8-16-7-19-23/h2-4,7-8H,5-6H2,1H3,(H,17,21). The molecule has 0 atom stereocenters. The minimum Gasteiger partial charge on any atom is -0.323 e. The van der Waals surface area contributed by atoms with Crippen LogP contribution in [0.3, 0.4) is 0 Å². The Bertz CT molecular complexity index is 1260. The van der Waals surface area contributed by atoms with Crippen molar-refractivity contribution in [1.29, 1.82) is 0 Å². The number of thiazole rings is 1. The topological polar surface area (TPSA) is 112 Å². The molecule has 5 rings (SSSR count). The molecule has 0 saturated carbocycles. The summed E-state index contributed by atoms with van der Waals surface area (Å²) in [4.78, 5) is 21.5. The van der Waals surface area contributed by atoms with Crippen LogP contribution in [0.25, 0.3) is 21.3 Å². The van der Waals surface area contributed by atoms with Crippen LogP contribution in [-0.2, 0) is 20.1 Å². The Hall–Kier alpha value is -3.34. The largest absolute Gasteiger partial charge is 0.323 e. The smallest absolute Gasteiger partial charge is 0.291 e. The van der Waals surface area contributed by atoms with E-state index in [1.807, 2.05) is 17.7 Å². The maximum Gasteiger partial charge on any atom is 0.291 e. The first-order valence-electron chi connectivity index (χ1n) is 7.85. The first-order valence-corrected chi connectivity index (χ1v) is 8.67. The van der Waals surface area contributed by atoms with Crippen molar-refractivity contribution in [2.75, 3.05) is 0 Å². The van der Waals surface area contributed by atoms with Crippen LogP contribution in [0.1, 0.15) is 10.7 Å². The van der Waals surface area contributed by atoms with Gasteiger partial charge in [0.15, 0.2) is 5.65 Å². The number of hydrogen-bond donors (Lipinski definition) is 1. The average molecular weight is 367 g/mol. The van der Waals surface area contributed by atoms with E-state index in [0.717, 1.165) is 26.4 Å². The molecule has 0 aromatic carbocycles. The Balaban J connectivity index is 1.62. The molecule has 130 valence electrons. The lowest BCUT2D eigenvalue weighted by Crippen LogP contribution is -2.24. The predicted molar refractivity (Wildman–Crippen MR) is 95.0 cm³/mol. The Labute approximate surface area is 149 Å². The van der Waals surface area contributed by atoms with E-state index in [2.05, 4.69) is 30.4 Å². The third-order valence-electron chi connectivity index (χ3n) is 4.20. The Morgan fingerprint density at radius 3 is 2.96 bits per heavy atom. The van der Waals surface area contributed by atoms with Gasteiger partial charge in [-0.15, -0.1) is 11.3 Å². The van der Waals surface area contributed by atoms with Crippen molar-refractivity contribution in [2.45, 2.75) is 13.1 Å². The molecular formula is C15H13N9OS. The van der Waals surface area contributed by atoms with E-state index in [1.165, 1.54) is 22.3 Å². The number of aromatic nitrogens is 9. The molecule has 0 bridgehead atoms. The number of fused-ring (bicyclic) bond motifs is 3. The van der Waals surface area contributed by atoms with Crippen LogP contribution in [0, 0.1) is 0 Å².